The molecular weight excluding hydrogens is 279 g/mol. The number of hydrogen-bond acceptors (Lipinski definition) is 2. The van der Waals surface area contributed by atoms with Gasteiger partial charge in [0.15, 0.2) is 0 Å². The monoisotopic (exact) mass is 303 g/mol. The van der Waals surface area contributed by atoms with E-state index >= 15 is 0 Å². The Hall–Kier alpha value is -1.39. The van der Waals surface area contributed by atoms with Gasteiger partial charge >= 0.3 is 0 Å². The van der Waals surface area contributed by atoms with Crippen LogP contribution in [0.2, 0.25) is 0 Å². The lowest BCUT2D eigenvalue weighted by molar-refractivity contribution is -0.115. The van der Waals surface area contributed by atoms with Crippen LogP contribution in [0, 0.1) is 25.2 Å². The Labute approximate surface area is 128 Å². The molecular formula is C17H24N2OP+. The number of nitrogens with zero attached hydrogens (tertiary/aromatic N) is 1. The van der Waals surface area contributed by atoms with Gasteiger partial charge in [-0.1, -0.05) is 0 Å². The summed E-state index contributed by atoms with van der Waals surface area (Å²) in [6, 6.07) is 5.82. The summed E-state index contributed by atoms with van der Waals surface area (Å²) in [4.78, 5) is 12.6. The number of rotatable bonds is 3. The molecule has 1 saturated heterocycles. The maximum atomic E-state index is 12.6. The van der Waals surface area contributed by atoms with Crippen molar-refractivity contribution in [1.82, 2.24) is 0 Å². The SMILES string of the molecule is Cc1cc(C#N)cc(C)c1NC(=O)C(C)[P+]1(C)CCCC1. The molecule has 1 aromatic carbocycles. The number of hydrogen-bond donors (Lipinski definition) is 1. The highest BCUT2D eigenvalue weighted by molar-refractivity contribution is 7.76. The van der Waals surface area contributed by atoms with Gasteiger partial charge in [-0.2, -0.15) is 5.26 Å². The second-order valence-electron chi connectivity index (χ2n) is 6.40. The van der Waals surface area contributed by atoms with Crippen LogP contribution in [-0.4, -0.2) is 30.6 Å². The average Bonchev–Trinajstić information content (AvgIpc) is 2.89. The van der Waals surface area contributed by atoms with E-state index < -0.39 is 7.26 Å². The van der Waals surface area contributed by atoms with Crippen LogP contribution in [0.5, 0.6) is 0 Å². The van der Waals surface area contributed by atoms with Gasteiger partial charge < -0.3 is 5.32 Å². The molecule has 1 N–H and O–H groups in total. The van der Waals surface area contributed by atoms with Gasteiger partial charge in [-0.3, -0.25) is 4.79 Å². The molecule has 4 heteroatoms. The van der Waals surface area contributed by atoms with Gasteiger partial charge in [0.2, 0.25) is 0 Å². The van der Waals surface area contributed by atoms with E-state index in [4.69, 9.17) is 5.26 Å². The second-order valence-corrected chi connectivity index (χ2v) is 11.0. The van der Waals surface area contributed by atoms with Gasteiger partial charge in [0.05, 0.1) is 24.0 Å². The van der Waals surface area contributed by atoms with E-state index in [0.29, 0.717) is 5.56 Å². The highest BCUT2D eigenvalue weighted by Gasteiger charge is 2.45. The van der Waals surface area contributed by atoms with Crippen LogP contribution >= 0.6 is 7.26 Å². The van der Waals surface area contributed by atoms with Gasteiger partial charge in [0, 0.05) is 19.6 Å². The Bertz CT molecular complexity index is 574. The number of aryl methyl sites for hydroxylation is 2. The molecule has 0 saturated carbocycles. The molecule has 2 rings (SSSR count). The Kier molecular flexibility index (Phi) is 4.69. The summed E-state index contributed by atoms with van der Waals surface area (Å²) in [6.45, 7) is 8.31. The normalized spacial score (nSPS) is 18.0. The molecule has 3 nitrogen and oxygen atoms in total. The first-order valence-corrected chi connectivity index (χ1v) is 10.2. The fourth-order valence-corrected chi connectivity index (χ4v) is 6.70. The molecule has 112 valence electrons. The molecule has 0 aliphatic carbocycles. The first-order chi connectivity index (χ1) is 9.87. The smallest absolute Gasteiger partial charge is 0.264 e. The fraction of sp³-hybridized carbons (Fsp3) is 0.529. The number of amides is 1. The lowest BCUT2D eigenvalue weighted by Gasteiger charge is -2.24. The van der Waals surface area contributed by atoms with Crippen LogP contribution in [0.1, 0.15) is 36.5 Å². The molecule has 1 unspecified atom stereocenters. The number of nitrogens with one attached hydrogen (secondary N) is 1. The van der Waals surface area contributed by atoms with Gasteiger partial charge in [-0.05, 0) is 56.9 Å². The summed E-state index contributed by atoms with van der Waals surface area (Å²) < 4.78 is 0. The van der Waals surface area contributed by atoms with E-state index in [-0.39, 0.29) is 11.6 Å². The minimum atomic E-state index is -1.11. The van der Waals surface area contributed by atoms with Crippen molar-refractivity contribution in [1.29, 1.82) is 5.26 Å². The van der Waals surface area contributed by atoms with Crippen LogP contribution in [0.3, 0.4) is 0 Å². The van der Waals surface area contributed by atoms with Crippen molar-refractivity contribution in [2.24, 2.45) is 0 Å². The van der Waals surface area contributed by atoms with Gasteiger partial charge in [-0.25, -0.2) is 0 Å². The van der Waals surface area contributed by atoms with Gasteiger partial charge in [-0.15, -0.1) is 0 Å². The molecule has 1 aromatic rings. The lowest BCUT2D eigenvalue weighted by Crippen LogP contribution is -2.29. The largest absolute Gasteiger partial charge is 0.322 e. The van der Waals surface area contributed by atoms with Crippen molar-refractivity contribution < 1.29 is 4.79 Å². The van der Waals surface area contributed by atoms with E-state index in [2.05, 4.69) is 25.0 Å². The van der Waals surface area contributed by atoms with E-state index in [9.17, 15) is 4.79 Å². The highest BCUT2D eigenvalue weighted by Crippen LogP contribution is 2.64. The van der Waals surface area contributed by atoms with Crippen LogP contribution in [0.15, 0.2) is 12.1 Å². The third kappa shape index (κ3) is 3.27. The predicted octanol–water partition coefficient (Wildman–Crippen LogP) is 3.94. The number of benzene rings is 1. The van der Waals surface area contributed by atoms with E-state index in [1.807, 2.05) is 26.0 Å². The minimum Gasteiger partial charge on any atom is -0.322 e. The summed E-state index contributed by atoms with van der Waals surface area (Å²) in [5, 5.41) is 12.1. The van der Waals surface area contributed by atoms with Crippen LogP contribution in [-0.2, 0) is 4.79 Å². The third-order valence-electron chi connectivity index (χ3n) is 4.81. The molecule has 0 aromatic heterocycles. The molecule has 0 bridgehead atoms. The molecule has 1 heterocycles. The molecule has 1 fully saturated rings. The van der Waals surface area contributed by atoms with Crippen LogP contribution < -0.4 is 5.32 Å². The zero-order valence-electron chi connectivity index (χ0n) is 13.4. The zero-order chi connectivity index (χ0) is 15.6. The molecule has 0 radical (unpaired) electrons. The van der Waals surface area contributed by atoms with Crippen LogP contribution in [0.4, 0.5) is 5.69 Å². The van der Waals surface area contributed by atoms with E-state index in [1.54, 1.807) is 0 Å². The maximum absolute atomic E-state index is 12.6. The average molecular weight is 303 g/mol. The van der Waals surface area contributed by atoms with E-state index in [1.165, 1.54) is 25.2 Å². The Balaban J connectivity index is 2.18. The Morgan fingerprint density at radius 3 is 2.29 bits per heavy atom. The van der Waals surface area contributed by atoms with Gasteiger partial charge in [0.25, 0.3) is 5.91 Å². The van der Waals surface area contributed by atoms with Gasteiger partial charge in [0.1, 0.15) is 5.66 Å². The second kappa shape index (κ2) is 6.16. The predicted molar refractivity (Wildman–Crippen MR) is 90.5 cm³/mol. The lowest BCUT2D eigenvalue weighted by atomic mass is 10.0. The van der Waals surface area contributed by atoms with E-state index in [0.717, 1.165) is 16.8 Å². The molecule has 1 atom stereocenters. The highest BCUT2D eigenvalue weighted by atomic mass is 31.2. The maximum Gasteiger partial charge on any atom is 0.264 e. The fourth-order valence-electron chi connectivity index (χ4n) is 3.18. The molecule has 1 aliphatic heterocycles. The molecule has 1 amide bonds. The summed E-state index contributed by atoms with van der Waals surface area (Å²) in [6.07, 6.45) is 5.04. The van der Waals surface area contributed by atoms with Crippen molar-refractivity contribution in [3.8, 4) is 6.07 Å². The van der Waals surface area contributed by atoms with Crippen molar-refractivity contribution in [2.75, 3.05) is 24.3 Å². The third-order valence-corrected chi connectivity index (χ3v) is 9.59. The van der Waals surface area contributed by atoms with Crippen molar-refractivity contribution >= 4 is 18.9 Å². The molecule has 1 aliphatic rings. The van der Waals surface area contributed by atoms with Crippen molar-refractivity contribution in [3.05, 3.63) is 28.8 Å². The topological polar surface area (TPSA) is 52.9 Å². The zero-order valence-corrected chi connectivity index (χ0v) is 14.3. The molecule has 21 heavy (non-hydrogen) atoms. The first kappa shape index (κ1) is 16.0. The number of nitriles is 1. The number of carbonyl (C=O) groups is 1. The molecule has 0 spiro atoms. The first-order valence-electron chi connectivity index (χ1n) is 7.54. The Morgan fingerprint density at radius 1 is 1.29 bits per heavy atom. The standard InChI is InChI=1S/C17H23N2OP/c1-12-9-15(11-18)10-13(2)16(12)19-17(20)14(3)21(4)7-5-6-8-21/h9-10,14H,5-8H2,1-4H3/p+1. The minimum absolute atomic E-state index is 0.120. The van der Waals surface area contributed by atoms with Crippen molar-refractivity contribution in [2.45, 2.75) is 39.3 Å². The summed E-state index contributed by atoms with van der Waals surface area (Å²) in [7, 11) is -1.11. The number of carbonyl (C=O) groups excluding carboxylic acids is 1. The summed E-state index contributed by atoms with van der Waals surface area (Å²) in [5.74, 6) is 0.142. The summed E-state index contributed by atoms with van der Waals surface area (Å²) >= 11 is 0. The Morgan fingerprint density at radius 2 is 1.81 bits per heavy atom. The summed E-state index contributed by atoms with van der Waals surface area (Å²) in [5.41, 5.74) is 3.56. The van der Waals surface area contributed by atoms with Crippen molar-refractivity contribution in [3.63, 3.8) is 0 Å². The number of anilines is 1. The van der Waals surface area contributed by atoms with Crippen LogP contribution in [0.25, 0.3) is 0 Å². The quantitative estimate of drug-likeness (QED) is 0.860.